The molecule has 0 bridgehead atoms. The zero-order chi connectivity index (χ0) is 11.1. The van der Waals surface area contributed by atoms with Crippen LogP contribution < -0.4 is 22.5 Å². The van der Waals surface area contributed by atoms with Crippen molar-refractivity contribution in [2.45, 2.75) is 6.92 Å². The summed E-state index contributed by atoms with van der Waals surface area (Å²) in [5.41, 5.74) is 3.33. The molecule has 0 aliphatic rings. The standard InChI is InChI=1S/C6H12N4O4/c1-2-14-6(13)3(4(11)9-7)5(12)10-8/h3H,2,7-8H2,1H3,(H,9,11)(H,10,12). The number of hydrazine groups is 2. The zero-order valence-electron chi connectivity index (χ0n) is 7.57. The topological polar surface area (TPSA) is 137 Å². The molecule has 0 saturated carbocycles. The predicted molar refractivity (Wildman–Crippen MR) is 44.8 cm³/mol. The lowest BCUT2D eigenvalue weighted by atomic mass is 10.1. The van der Waals surface area contributed by atoms with Gasteiger partial charge in [0.15, 0.2) is 0 Å². The van der Waals surface area contributed by atoms with Crippen LogP contribution >= 0.6 is 0 Å². The highest BCUT2D eigenvalue weighted by molar-refractivity contribution is 6.15. The highest BCUT2D eigenvalue weighted by atomic mass is 16.5. The van der Waals surface area contributed by atoms with Gasteiger partial charge < -0.3 is 4.74 Å². The molecule has 0 aromatic heterocycles. The van der Waals surface area contributed by atoms with Gasteiger partial charge >= 0.3 is 5.97 Å². The van der Waals surface area contributed by atoms with Crippen molar-refractivity contribution >= 4 is 17.8 Å². The summed E-state index contributed by atoms with van der Waals surface area (Å²) >= 11 is 0. The molecule has 0 aliphatic heterocycles. The first kappa shape index (κ1) is 12.3. The second kappa shape index (κ2) is 5.89. The van der Waals surface area contributed by atoms with Gasteiger partial charge in [-0.1, -0.05) is 0 Å². The van der Waals surface area contributed by atoms with Gasteiger partial charge in [0.25, 0.3) is 11.8 Å². The van der Waals surface area contributed by atoms with Gasteiger partial charge in [-0.15, -0.1) is 0 Å². The Morgan fingerprint density at radius 3 is 1.93 bits per heavy atom. The third-order valence-corrected chi connectivity index (χ3v) is 1.33. The minimum absolute atomic E-state index is 0.0467. The Kier molecular flexibility index (Phi) is 5.19. The molecule has 0 saturated heterocycles. The quantitative estimate of drug-likeness (QED) is 0.128. The summed E-state index contributed by atoms with van der Waals surface area (Å²) in [6.45, 7) is 1.58. The van der Waals surface area contributed by atoms with E-state index in [1.165, 1.54) is 6.92 Å². The van der Waals surface area contributed by atoms with E-state index in [0.29, 0.717) is 0 Å². The van der Waals surface area contributed by atoms with Crippen LogP contribution in [0.15, 0.2) is 0 Å². The average molecular weight is 204 g/mol. The maximum absolute atomic E-state index is 11.1. The van der Waals surface area contributed by atoms with Crippen LogP contribution in [0.5, 0.6) is 0 Å². The number of nitrogens with one attached hydrogen (secondary N) is 2. The number of amides is 2. The van der Waals surface area contributed by atoms with Gasteiger partial charge in [-0.2, -0.15) is 0 Å². The molecule has 8 heteroatoms. The van der Waals surface area contributed by atoms with Crippen molar-refractivity contribution in [3.8, 4) is 0 Å². The monoisotopic (exact) mass is 204 g/mol. The van der Waals surface area contributed by atoms with Crippen molar-refractivity contribution in [1.82, 2.24) is 10.9 Å². The summed E-state index contributed by atoms with van der Waals surface area (Å²) in [6.07, 6.45) is 0. The lowest BCUT2D eigenvalue weighted by molar-refractivity contribution is -0.156. The van der Waals surface area contributed by atoms with Gasteiger partial charge in [0.2, 0.25) is 5.92 Å². The van der Waals surface area contributed by atoms with Gasteiger partial charge in [-0.25, -0.2) is 11.7 Å². The van der Waals surface area contributed by atoms with Crippen LogP contribution in [0.4, 0.5) is 0 Å². The number of nitrogens with two attached hydrogens (primary N) is 2. The molecule has 0 radical (unpaired) electrons. The minimum atomic E-state index is -1.68. The van der Waals surface area contributed by atoms with Gasteiger partial charge in [0, 0.05) is 0 Å². The summed E-state index contributed by atoms with van der Waals surface area (Å²) in [6, 6.07) is 0. The van der Waals surface area contributed by atoms with Crippen molar-refractivity contribution in [2.24, 2.45) is 17.6 Å². The largest absolute Gasteiger partial charge is 0.465 e. The maximum Gasteiger partial charge on any atom is 0.328 e. The molecule has 14 heavy (non-hydrogen) atoms. The molecule has 2 amide bonds. The lowest BCUT2D eigenvalue weighted by Gasteiger charge is -2.11. The summed E-state index contributed by atoms with van der Waals surface area (Å²) in [5, 5.41) is 0. The molecule has 0 atom stereocenters. The van der Waals surface area contributed by atoms with Gasteiger partial charge in [-0.05, 0) is 6.92 Å². The van der Waals surface area contributed by atoms with E-state index in [4.69, 9.17) is 11.7 Å². The molecule has 0 aromatic rings. The third kappa shape index (κ3) is 2.99. The van der Waals surface area contributed by atoms with Crippen molar-refractivity contribution in [1.29, 1.82) is 0 Å². The SMILES string of the molecule is CCOC(=O)C(C(=O)NN)C(=O)NN. The third-order valence-electron chi connectivity index (χ3n) is 1.33. The Bertz CT molecular complexity index is 226. The molecule has 0 heterocycles. The number of carbonyl (C=O) groups is 3. The highest BCUT2D eigenvalue weighted by Crippen LogP contribution is 1.99. The van der Waals surface area contributed by atoms with Crippen LogP contribution in [0.2, 0.25) is 0 Å². The zero-order valence-corrected chi connectivity index (χ0v) is 7.57. The van der Waals surface area contributed by atoms with E-state index < -0.39 is 23.7 Å². The first-order valence-corrected chi connectivity index (χ1v) is 3.76. The number of ether oxygens (including phenoxy) is 1. The van der Waals surface area contributed by atoms with Crippen LogP contribution in [-0.4, -0.2) is 24.4 Å². The highest BCUT2D eigenvalue weighted by Gasteiger charge is 2.34. The molecule has 6 N–H and O–H groups in total. The second-order valence-electron chi connectivity index (χ2n) is 2.20. The van der Waals surface area contributed by atoms with Gasteiger partial charge in [0.05, 0.1) is 6.61 Å². The van der Waals surface area contributed by atoms with Gasteiger partial charge in [0.1, 0.15) is 0 Å². The van der Waals surface area contributed by atoms with E-state index in [-0.39, 0.29) is 6.61 Å². The maximum atomic E-state index is 11.1. The second-order valence-corrected chi connectivity index (χ2v) is 2.20. The Labute approximate surface area is 79.9 Å². The summed E-state index contributed by atoms with van der Waals surface area (Å²) in [4.78, 5) is 33.0. The Morgan fingerprint density at radius 2 is 1.64 bits per heavy atom. The number of carbonyl (C=O) groups excluding carboxylic acids is 3. The minimum Gasteiger partial charge on any atom is -0.465 e. The Hall–Kier alpha value is -1.67. The first-order valence-electron chi connectivity index (χ1n) is 3.76. The molecule has 0 unspecified atom stereocenters. The van der Waals surface area contributed by atoms with Crippen LogP contribution in [-0.2, 0) is 19.1 Å². The molecule has 0 spiro atoms. The molecule has 80 valence electrons. The van der Waals surface area contributed by atoms with Crippen LogP contribution in [0.3, 0.4) is 0 Å². The fourth-order valence-corrected chi connectivity index (χ4v) is 0.725. The first-order chi connectivity index (χ1) is 6.58. The Balaban J connectivity index is 4.63. The molecular formula is C6H12N4O4. The summed E-state index contributed by atoms with van der Waals surface area (Å²) in [5.74, 6) is 4.90. The van der Waals surface area contributed by atoms with E-state index in [2.05, 4.69) is 4.74 Å². The molecule has 0 rings (SSSR count). The van der Waals surface area contributed by atoms with Crippen molar-refractivity contribution in [3.63, 3.8) is 0 Å². The fraction of sp³-hybridized carbons (Fsp3) is 0.500. The number of rotatable bonds is 4. The van der Waals surface area contributed by atoms with E-state index in [1.807, 2.05) is 0 Å². The summed E-state index contributed by atoms with van der Waals surface area (Å²) < 4.78 is 4.48. The van der Waals surface area contributed by atoms with Crippen molar-refractivity contribution in [2.75, 3.05) is 6.61 Å². The fourth-order valence-electron chi connectivity index (χ4n) is 0.725. The molecular weight excluding hydrogens is 192 g/mol. The number of hydrogen-bond donors (Lipinski definition) is 4. The van der Waals surface area contributed by atoms with Crippen molar-refractivity contribution < 1.29 is 19.1 Å². The Morgan fingerprint density at radius 1 is 1.21 bits per heavy atom. The molecule has 0 aromatic carbocycles. The van der Waals surface area contributed by atoms with E-state index >= 15 is 0 Å². The van der Waals surface area contributed by atoms with Crippen LogP contribution in [0.1, 0.15) is 6.92 Å². The van der Waals surface area contributed by atoms with Gasteiger partial charge in [-0.3, -0.25) is 25.2 Å². The predicted octanol–water partition coefficient (Wildman–Crippen LogP) is -2.85. The van der Waals surface area contributed by atoms with E-state index in [0.717, 1.165) is 0 Å². The van der Waals surface area contributed by atoms with Crippen LogP contribution in [0, 0.1) is 5.92 Å². The molecule has 8 nitrogen and oxygen atoms in total. The summed E-state index contributed by atoms with van der Waals surface area (Å²) in [7, 11) is 0. The lowest BCUT2D eigenvalue weighted by Crippen LogP contribution is -2.49. The average Bonchev–Trinajstić information content (AvgIpc) is 2.17. The molecule has 0 aliphatic carbocycles. The molecule has 0 fully saturated rings. The number of esters is 1. The van der Waals surface area contributed by atoms with E-state index in [9.17, 15) is 14.4 Å². The van der Waals surface area contributed by atoms with Crippen LogP contribution in [0.25, 0.3) is 0 Å². The number of hydrogen-bond acceptors (Lipinski definition) is 6. The normalized spacial score (nSPS) is 9.43. The van der Waals surface area contributed by atoms with E-state index in [1.54, 1.807) is 10.9 Å². The van der Waals surface area contributed by atoms with Crippen molar-refractivity contribution in [3.05, 3.63) is 0 Å². The smallest absolute Gasteiger partial charge is 0.328 e.